The van der Waals surface area contributed by atoms with Crippen molar-refractivity contribution in [2.45, 2.75) is 32.8 Å². The normalized spacial score (nSPS) is 13.8. The van der Waals surface area contributed by atoms with Gasteiger partial charge in [0.2, 0.25) is 5.91 Å². The number of rotatable bonds is 3. The third-order valence-corrected chi connectivity index (χ3v) is 4.01. The molecule has 0 saturated heterocycles. The number of para-hydroxylation sites is 1. The first-order valence-electron chi connectivity index (χ1n) is 7.62. The van der Waals surface area contributed by atoms with Crippen LogP contribution in [0.25, 0.3) is 11.1 Å². The van der Waals surface area contributed by atoms with Crippen molar-refractivity contribution in [1.29, 1.82) is 0 Å². The van der Waals surface area contributed by atoms with Gasteiger partial charge in [-0.1, -0.05) is 37.3 Å². The van der Waals surface area contributed by atoms with Crippen molar-refractivity contribution in [3.8, 4) is 16.9 Å². The molecule has 126 valence electrons. The number of hydrogen-bond acceptors (Lipinski definition) is 2. The average Bonchev–Trinajstić information content (AvgIpc) is 2.96. The van der Waals surface area contributed by atoms with Crippen LogP contribution in [-0.4, -0.2) is 17.2 Å². The fraction of sp³-hybridized carbons (Fsp3) is 0.278. The van der Waals surface area contributed by atoms with Crippen LogP contribution in [0, 0.1) is 0 Å². The van der Waals surface area contributed by atoms with Crippen LogP contribution in [0.3, 0.4) is 0 Å². The number of ether oxygens (including phenoxy) is 1. The Bertz CT molecular complexity index is 771. The molecule has 3 rings (SSSR count). The second-order valence-corrected chi connectivity index (χ2v) is 5.63. The van der Waals surface area contributed by atoms with Crippen molar-refractivity contribution in [3.63, 3.8) is 0 Å². The predicted octanol–water partition coefficient (Wildman–Crippen LogP) is 4.50. The first-order valence-corrected chi connectivity index (χ1v) is 7.62. The lowest BCUT2D eigenvalue weighted by atomic mass is 10.00. The maximum absolute atomic E-state index is 12.6. The molecule has 1 heterocycles. The molecule has 1 amide bonds. The van der Waals surface area contributed by atoms with Gasteiger partial charge in [0, 0.05) is 25.1 Å². The lowest BCUT2D eigenvalue weighted by Gasteiger charge is -2.14. The molecule has 0 atom stereocenters. The van der Waals surface area contributed by atoms with Crippen LogP contribution in [0.1, 0.15) is 24.5 Å². The zero-order chi connectivity index (χ0) is 17.3. The lowest BCUT2D eigenvalue weighted by molar-refractivity contribution is -0.274. The summed E-state index contributed by atoms with van der Waals surface area (Å²) in [6.07, 6.45) is -4.31. The molecule has 2 aromatic carbocycles. The number of hydrogen-bond donors (Lipinski definition) is 0. The summed E-state index contributed by atoms with van der Waals surface area (Å²) in [4.78, 5) is 13.6. The highest BCUT2D eigenvalue weighted by Gasteiger charge is 2.32. The summed E-state index contributed by atoms with van der Waals surface area (Å²) in [6.45, 7) is 2.84. The zero-order valence-corrected chi connectivity index (χ0v) is 13.1. The van der Waals surface area contributed by atoms with Gasteiger partial charge in [-0.05, 0) is 28.8 Å². The standard InChI is InChI=1S/C18H16F3NO2/c1-2-17(23)22-10-13-8-7-12(9-14(13)11-22)15-5-3-4-6-16(15)24-18(19,20)21/h3-9H,2,10-11H2,1H3. The Labute approximate surface area is 137 Å². The number of amides is 1. The minimum atomic E-state index is -4.74. The second-order valence-electron chi connectivity index (χ2n) is 5.63. The van der Waals surface area contributed by atoms with Gasteiger partial charge >= 0.3 is 6.36 Å². The smallest absolute Gasteiger partial charge is 0.405 e. The van der Waals surface area contributed by atoms with E-state index in [9.17, 15) is 18.0 Å². The van der Waals surface area contributed by atoms with E-state index in [1.807, 2.05) is 19.1 Å². The van der Waals surface area contributed by atoms with Gasteiger partial charge in [0.1, 0.15) is 5.75 Å². The Morgan fingerprint density at radius 1 is 1.12 bits per heavy atom. The minimum absolute atomic E-state index is 0.0635. The fourth-order valence-electron chi connectivity index (χ4n) is 2.88. The second kappa shape index (κ2) is 6.19. The van der Waals surface area contributed by atoms with Crippen molar-refractivity contribution in [2.24, 2.45) is 0 Å². The van der Waals surface area contributed by atoms with E-state index in [-0.39, 0.29) is 11.7 Å². The van der Waals surface area contributed by atoms with Crippen LogP contribution >= 0.6 is 0 Å². The van der Waals surface area contributed by atoms with Crippen LogP contribution in [0.2, 0.25) is 0 Å². The molecular weight excluding hydrogens is 319 g/mol. The summed E-state index contributed by atoms with van der Waals surface area (Å²) in [5, 5.41) is 0. The van der Waals surface area contributed by atoms with Crippen molar-refractivity contribution < 1.29 is 22.7 Å². The largest absolute Gasteiger partial charge is 0.573 e. The topological polar surface area (TPSA) is 29.5 Å². The SMILES string of the molecule is CCC(=O)N1Cc2ccc(-c3ccccc3OC(F)(F)F)cc2C1. The first-order chi connectivity index (χ1) is 11.4. The number of alkyl halides is 3. The monoisotopic (exact) mass is 335 g/mol. The molecule has 2 aromatic rings. The Hall–Kier alpha value is -2.50. The molecule has 0 N–H and O–H groups in total. The van der Waals surface area contributed by atoms with E-state index in [1.54, 1.807) is 23.1 Å². The summed E-state index contributed by atoms with van der Waals surface area (Å²) in [6, 6.07) is 11.5. The Balaban J connectivity index is 1.93. The fourth-order valence-corrected chi connectivity index (χ4v) is 2.88. The molecule has 0 saturated carbocycles. The number of halogens is 3. The van der Waals surface area contributed by atoms with Crippen molar-refractivity contribution in [3.05, 3.63) is 53.6 Å². The van der Waals surface area contributed by atoms with Crippen molar-refractivity contribution in [2.75, 3.05) is 0 Å². The molecule has 0 bridgehead atoms. The summed E-state index contributed by atoms with van der Waals surface area (Å²) >= 11 is 0. The van der Waals surface area contributed by atoms with Gasteiger partial charge in [-0.3, -0.25) is 4.79 Å². The molecule has 6 heteroatoms. The van der Waals surface area contributed by atoms with Gasteiger partial charge < -0.3 is 9.64 Å². The summed E-state index contributed by atoms with van der Waals surface area (Å²) in [5.41, 5.74) is 2.99. The number of nitrogens with zero attached hydrogens (tertiary/aromatic N) is 1. The molecule has 3 nitrogen and oxygen atoms in total. The lowest BCUT2D eigenvalue weighted by Crippen LogP contribution is -2.23. The third kappa shape index (κ3) is 3.37. The quantitative estimate of drug-likeness (QED) is 0.826. The van der Waals surface area contributed by atoms with Crippen LogP contribution in [-0.2, 0) is 17.9 Å². The van der Waals surface area contributed by atoms with E-state index in [4.69, 9.17) is 0 Å². The Kier molecular flexibility index (Phi) is 4.22. The molecule has 0 aliphatic carbocycles. The van der Waals surface area contributed by atoms with Gasteiger partial charge in [-0.25, -0.2) is 0 Å². The third-order valence-electron chi connectivity index (χ3n) is 4.01. The van der Waals surface area contributed by atoms with Crippen LogP contribution in [0.15, 0.2) is 42.5 Å². The maximum Gasteiger partial charge on any atom is 0.573 e. The van der Waals surface area contributed by atoms with Gasteiger partial charge in [-0.15, -0.1) is 13.2 Å². The predicted molar refractivity (Wildman–Crippen MR) is 83.1 cm³/mol. The van der Waals surface area contributed by atoms with Crippen LogP contribution in [0.4, 0.5) is 13.2 Å². The van der Waals surface area contributed by atoms with E-state index in [2.05, 4.69) is 4.74 Å². The molecule has 0 unspecified atom stereocenters. The van der Waals surface area contributed by atoms with E-state index in [0.717, 1.165) is 11.1 Å². The number of carbonyl (C=O) groups excluding carboxylic acids is 1. The van der Waals surface area contributed by atoms with Gasteiger partial charge in [0.05, 0.1) is 0 Å². The molecular formula is C18H16F3NO2. The molecule has 1 aliphatic heterocycles. The number of carbonyl (C=O) groups is 1. The van der Waals surface area contributed by atoms with E-state index < -0.39 is 6.36 Å². The van der Waals surface area contributed by atoms with Gasteiger partial charge in [-0.2, -0.15) is 0 Å². The molecule has 0 fully saturated rings. The molecule has 0 aromatic heterocycles. The van der Waals surface area contributed by atoms with E-state index in [1.165, 1.54) is 12.1 Å². The zero-order valence-electron chi connectivity index (χ0n) is 13.1. The molecule has 0 spiro atoms. The summed E-state index contributed by atoms with van der Waals surface area (Å²) in [5.74, 6) is -0.169. The minimum Gasteiger partial charge on any atom is -0.405 e. The molecule has 1 aliphatic rings. The van der Waals surface area contributed by atoms with Crippen LogP contribution in [0.5, 0.6) is 5.75 Å². The van der Waals surface area contributed by atoms with Crippen LogP contribution < -0.4 is 4.74 Å². The van der Waals surface area contributed by atoms with E-state index in [0.29, 0.717) is 30.6 Å². The van der Waals surface area contributed by atoms with E-state index >= 15 is 0 Å². The average molecular weight is 335 g/mol. The number of fused-ring (bicyclic) bond motifs is 1. The highest BCUT2D eigenvalue weighted by molar-refractivity contribution is 5.77. The van der Waals surface area contributed by atoms with Crippen molar-refractivity contribution >= 4 is 5.91 Å². The first kappa shape index (κ1) is 16.4. The van der Waals surface area contributed by atoms with Gasteiger partial charge in [0.25, 0.3) is 0 Å². The summed E-state index contributed by atoms with van der Waals surface area (Å²) in [7, 11) is 0. The molecule has 0 radical (unpaired) electrons. The number of benzene rings is 2. The highest BCUT2D eigenvalue weighted by atomic mass is 19.4. The Morgan fingerprint density at radius 2 is 1.83 bits per heavy atom. The highest BCUT2D eigenvalue weighted by Crippen LogP contribution is 2.36. The molecule has 24 heavy (non-hydrogen) atoms. The van der Waals surface area contributed by atoms with Crippen molar-refractivity contribution in [1.82, 2.24) is 4.90 Å². The Morgan fingerprint density at radius 3 is 2.54 bits per heavy atom. The van der Waals surface area contributed by atoms with Gasteiger partial charge in [0.15, 0.2) is 0 Å². The summed E-state index contributed by atoms with van der Waals surface area (Å²) < 4.78 is 41.8. The maximum atomic E-state index is 12.6.